The molecule has 0 bridgehead atoms. The molecule has 0 aliphatic carbocycles. The van der Waals surface area contributed by atoms with Gasteiger partial charge in [0.15, 0.2) is 0 Å². The highest BCUT2D eigenvalue weighted by molar-refractivity contribution is 9.10. The first kappa shape index (κ1) is 12.6. The first-order valence-electron chi connectivity index (χ1n) is 6.30. The Morgan fingerprint density at radius 1 is 1.32 bits per heavy atom. The van der Waals surface area contributed by atoms with Gasteiger partial charge in [0.25, 0.3) is 5.56 Å². The van der Waals surface area contributed by atoms with Crippen LogP contribution in [0, 0.1) is 0 Å². The molecule has 0 spiro atoms. The zero-order chi connectivity index (χ0) is 13.2. The molecule has 0 N–H and O–H groups in total. The number of aromatic nitrogens is 3. The average molecular weight is 323 g/mol. The summed E-state index contributed by atoms with van der Waals surface area (Å²) >= 11 is 3.40. The summed E-state index contributed by atoms with van der Waals surface area (Å²) in [6.45, 7) is 3.64. The Labute approximate surface area is 119 Å². The van der Waals surface area contributed by atoms with Crippen molar-refractivity contribution in [2.45, 2.75) is 12.6 Å². The normalized spacial score (nSPS) is 16.5. The fraction of sp³-hybridized carbons (Fsp3) is 0.385. The van der Waals surface area contributed by atoms with Crippen LogP contribution < -0.4 is 5.56 Å². The lowest BCUT2D eigenvalue weighted by atomic mass is 10.1. The quantitative estimate of drug-likeness (QED) is 0.853. The van der Waals surface area contributed by atoms with Gasteiger partial charge in [0, 0.05) is 44.6 Å². The van der Waals surface area contributed by atoms with E-state index in [4.69, 9.17) is 0 Å². The summed E-state index contributed by atoms with van der Waals surface area (Å²) in [5.41, 5.74) is 0.0654. The fourth-order valence-corrected chi connectivity index (χ4v) is 2.60. The molecule has 19 heavy (non-hydrogen) atoms. The second-order valence-corrected chi connectivity index (χ2v) is 5.70. The molecular formula is C13H15BrN4O. The lowest BCUT2D eigenvalue weighted by Gasteiger charge is -2.39. The van der Waals surface area contributed by atoms with Crippen molar-refractivity contribution in [3.8, 4) is 0 Å². The Balaban J connectivity index is 1.50. The maximum absolute atomic E-state index is 11.6. The van der Waals surface area contributed by atoms with Crippen molar-refractivity contribution in [1.29, 1.82) is 0 Å². The summed E-state index contributed by atoms with van der Waals surface area (Å²) in [7, 11) is 0. The summed E-state index contributed by atoms with van der Waals surface area (Å²) in [6, 6.07) is 5.72. The molecule has 0 atom stereocenters. The standard InChI is InChI=1S/C13H15BrN4O/c14-11-7-15-18(8-11)12-9-16(10-12)5-6-17-4-2-1-3-13(17)19/h1-4,7-8,12H,5-6,9-10H2. The van der Waals surface area contributed by atoms with Gasteiger partial charge in [-0.2, -0.15) is 5.10 Å². The van der Waals surface area contributed by atoms with Crippen LogP contribution in [0.15, 0.2) is 46.1 Å². The van der Waals surface area contributed by atoms with Crippen LogP contribution in [0.5, 0.6) is 0 Å². The highest BCUT2D eigenvalue weighted by Crippen LogP contribution is 2.21. The maximum Gasteiger partial charge on any atom is 0.250 e. The third kappa shape index (κ3) is 2.79. The highest BCUT2D eigenvalue weighted by Gasteiger charge is 2.28. The fourth-order valence-electron chi connectivity index (χ4n) is 2.30. The Bertz CT molecular complexity index is 615. The van der Waals surface area contributed by atoms with Gasteiger partial charge in [-0.15, -0.1) is 0 Å². The van der Waals surface area contributed by atoms with Gasteiger partial charge >= 0.3 is 0 Å². The number of nitrogens with zero attached hydrogens (tertiary/aromatic N) is 4. The van der Waals surface area contributed by atoms with E-state index in [1.807, 2.05) is 29.3 Å². The van der Waals surface area contributed by atoms with Crippen LogP contribution >= 0.6 is 15.9 Å². The molecular weight excluding hydrogens is 308 g/mol. The maximum atomic E-state index is 11.6. The van der Waals surface area contributed by atoms with E-state index in [-0.39, 0.29) is 5.56 Å². The molecule has 2 aromatic heterocycles. The van der Waals surface area contributed by atoms with Gasteiger partial charge in [0.05, 0.1) is 16.7 Å². The van der Waals surface area contributed by atoms with E-state index >= 15 is 0 Å². The van der Waals surface area contributed by atoms with Gasteiger partial charge in [0.2, 0.25) is 0 Å². The van der Waals surface area contributed by atoms with Crippen molar-refractivity contribution in [3.05, 3.63) is 51.6 Å². The topological polar surface area (TPSA) is 43.1 Å². The predicted molar refractivity (Wildman–Crippen MR) is 76.1 cm³/mol. The number of likely N-dealkylation sites (tertiary alicyclic amines) is 1. The molecule has 1 aliphatic heterocycles. The van der Waals surface area contributed by atoms with E-state index in [1.54, 1.807) is 16.7 Å². The van der Waals surface area contributed by atoms with E-state index < -0.39 is 0 Å². The van der Waals surface area contributed by atoms with Crippen LogP contribution in [0.25, 0.3) is 0 Å². The average Bonchev–Trinajstić information content (AvgIpc) is 2.76. The van der Waals surface area contributed by atoms with Crippen LogP contribution in [0.3, 0.4) is 0 Å². The van der Waals surface area contributed by atoms with Gasteiger partial charge < -0.3 is 4.57 Å². The molecule has 2 aromatic rings. The molecule has 0 radical (unpaired) electrons. The zero-order valence-corrected chi connectivity index (χ0v) is 12.0. The monoisotopic (exact) mass is 322 g/mol. The minimum Gasteiger partial charge on any atom is -0.314 e. The summed E-state index contributed by atoms with van der Waals surface area (Å²) in [5, 5.41) is 4.29. The predicted octanol–water partition coefficient (Wildman–Crippen LogP) is 1.36. The van der Waals surface area contributed by atoms with Gasteiger partial charge in [-0.25, -0.2) is 0 Å². The molecule has 1 fully saturated rings. The van der Waals surface area contributed by atoms with Gasteiger partial charge in [-0.1, -0.05) is 6.07 Å². The Morgan fingerprint density at radius 3 is 2.84 bits per heavy atom. The number of rotatable bonds is 4. The van der Waals surface area contributed by atoms with Crippen LogP contribution in [-0.2, 0) is 6.54 Å². The van der Waals surface area contributed by atoms with Crippen molar-refractivity contribution in [2.75, 3.05) is 19.6 Å². The van der Waals surface area contributed by atoms with Gasteiger partial charge in [-0.05, 0) is 22.0 Å². The largest absolute Gasteiger partial charge is 0.314 e. The summed E-state index contributed by atoms with van der Waals surface area (Å²) in [5.74, 6) is 0. The van der Waals surface area contributed by atoms with E-state index in [0.717, 1.165) is 30.7 Å². The van der Waals surface area contributed by atoms with E-state index in [2.05, 4.69) is 25.9 Å². The Morgan fingerprint density at radius 2 is 2.16 bits per heavy atom. The first-order chi connectivity index (χ1) is 9.22. The SMILES string of the molecule is O=c1ccccn1CCN1CC(n2cc(Br)cn2)C1. The first-order valence-corrected chi connectivity index (χ1v) is 7.09. The summed E-state index contributed by atoms with van der Waals surface area (Å²) in [4.78, 5) is 13.9. The van der Waals surface area contributed by atoms with Crippen LogP contribution in [0.1, 0.15) is 6.04 Å². The molecule has 0 saturated carbocycles. The Hall–Kier alpha value is -1.40. The molecule has 6 heteroatoms. The van der Waals surface area contributed by atoms with Crippen molar-refractivity contribution in [1.82, 2.24) is 19.2 Å². The molecule has 1 aliphatic rings. The number of hydrogen-bond donors (Lipinski definition) is 0. The molecule has 0 unspecified atom stereocenters. The molecule has 0 amide bonds. The van der Waals surface area contributed by atoms with Crippen LogP contribution in [-0.4, -0.2) is 38.9 Å². The smallest absolute Gasteiger partial charge is 0.250 e. The minimum absolute atomic E-state index is 0.0654. The second-order valence-electron chi connectivity index (χ2n) is 4.78. The number of halogens is 1. The lowest BCUT2D eigenvalue weighted by molar-refractivity contribution is 0.0942. The number of hydrogen-bond acceptors (Lipinski definition) is 3. The van der Waals surface area contributed by atoms with Gasteiger partial charge in [0.1, 0.15) is 0 Å². The molecule has 1 saturated heterocycles. The molecule has 100 valence electrons. The zero-order valence-electron chi connectivity index (χ0n) is 10.4. The molecule has 0 aromatic carbocycles. The Kier molecular flexibility index (Phi) is 3.52. The molecule has 3 rings (SSSR count). The number of pyridine rings is 1. The lowest BCUT2D eigenvalue weighted by Crippen LogP contribution is -2.49. The van der Waals surface area contributed by atoms with Crippen molar-refractivity contribution < 1.29 is 0 Å². The third-order valence-corrected chi connectivity index (χ3v) is 3.85. The molecule has 5 nitrogen and oxygen atoms in total. The van der Waals surface area contributed by atoms with Gasteiger partial charge in [-0.3, -0.25) is 14.4 Å². The second kappa shape index (κ2) is 5.30. The van der Waals surface area contributed by atoms with E-state index in [1.165, 1.54) is 0 Å². The van der Waals surface area contributed by atoms with Crippen molar-refractivity contribution >= 4 is 15.9 Å². The summed E-state index contributed by atoms with van der Waals surface area (Å²) in [6.07, 6.45) is 5.65. The minimum atomic E-state index is 0.0654. The van der Waals surface area contributed by atoms with E-state index in [9.17, 15) is 4.79 Å². The highest BCUT2D eigenvalue weighted by atomic mass is 79.9. The van der Waals surface area contributed by atoms with E-state index in [0.29, 0.717) is 6.04 Å². The van der Waals surface area contributed by atoms with Crippen molar-refractivity contribution in [2.24, 2.45) is 0 Å². The molecule has 3 heterocycles. The third-order valence-electron chi connectivity index (χ3n) is 3.44. The summed E-state index contributed by atoms with van der Waals surface area (Å²) < 4.78 is 4.76. The van der Waals surface area contributed by atoms with Crippen LogP contribution in [0.4, 0.5) is 0 Å². The van der Waals surface area contributed by atoms with Crippen molar-refractivity contribution in [3.63, 3.8) is 0 Å². The van der Waals surface area contributed by atoms with Crippen LogP contribution in [0.2, 0.25) is 0 Å².